The minimum absolute atomic E-state index is 0.167. The highest BCUT2D eigenvalue weighted by molar-refractivity contribution is 6.33. The van der Waals surface area contributed by atoms with Crippen molar-refractivity contribution in [2.75, 3.05) is 11.9 Å². The predicted molar refractivity (Wildman–Crippen MR) is 73.5 cm³/mol. The van der Waals surface area contributed by atoms with E-state index in [9.17, 15) is 31.9 Å². The van der Waals surface area contributed by atoms with Crippen LogP contribution in [0, 0.1) is 5.82 Å². The summed E-state index contributed by atoms with van der Waals surface area (Å²) in [6, 6.07) is -2.58. The van der Waals surface area contributed by atoms with Crippen molar-refractivity contribution in [2.45, 2.75) is 18.6 Å². The van der Waals surface area contributed by atoms with E-state index in [2.05, 4.69) is 0 Å². The molecule has 0 aliphatic carbocycles. The number of benzene rings is 1. The van der Waals surface area contributed by atoms with Gasteiger partial charge in [0.2, 0.25) is 5.91 Å². The number of rotatable bonds is 2. The molecule has 0 saturated carbocycles. The maximum atomic E-state index is 14.0. The lowest BCUT2D eigenvalue weighted by atomic mass is 10.1. The van der Waals surface area contributed by atoms with E-state index in [-0.39, 0.29) is 9.80 Å². The maximum Gasteiger partial charge on any atom is 0.409 e. The molecule has 0 bridgehead atoms. The molecule has 0 radical (unpaired) electrons. The molecule has 1 aliphatic rings. The summed E-state index contributed by atoms with van der Waals surface area (Å²) in [5.74, 6) is -4.08. The largest absolute Gasteiger partial charge is 0.478 e. The molecule has 0 spiro atoms. The summed E-state index contributed by atoms with van der Waals surface area (Å²) in [5, 5.41) is 8.47. The third-order valence-electron chi connectivity index (χ3n) is 3.46. The van der Waals surface area contributed by atoms with Crippen molar-refractivity contribution in [3.63, 3.8) is 0 Å². The summed E-state index contributed by atoms with van der Waals surface area (Å²) in [4.78, 5) is 35.5. The minimum atomic E-state index is -4.84. The standard InChI is InChI=1S/C13H9ClF4N2O4/c1-19-9(13(16,17)18)4-10(21)20(12(19)24)8-2-5(11(22)23)6(14)3-7(8)15/h2-3,9H,4H2,1H3,(H,22,23). The number of alkyl halides is 3. The van der Waals surface area contributed by atoms with E-state index in [4.69, 9.17) is 16.7 Å². The fourth-order valence-corrected chi connectivity index (χ4v) is 2.47. The molecule has 3 amide bonds. The van der Waals surface area contributed by atoms with Gasteiger partial charge in [0.15, 0.2) is 0 Å². The Morgan fingerprint density at radius 2 is 1.92 bits per heavy atom. The Kier molecular flexibility index (Phi) is 4.44. The van der Waals surface area contributed by atoms with Gasteiger partial charge < -0.3 is 10.0 Å². The first-order chi connectivity index (χ1) is 10.9. The third-order valence-corrected chi connectivity index (χ3v) is 3.78. The van der Waals surface area contributed by atoms with E-state index in [0.717, 1.165) is 7.05 Å². The first-order valence-electron chi connectivity index (χ1n) is 6.34. The number of urea groups is 1. The van der Waals surface area contributed by atoms with Gasteiger partial charge in [-0.05, 0) is 12.1 Å². The highest BCUT2D eigenvalue weighted by Crippen LogP contribution is 2.35. The SMILES string of the molecule is CN1C(=O)N(c2cc(C(=O)O)c(Cl)cc2F)C(=O)CC1C(F)(F)F. The Morgan fingerprint density at radius 3 is 2.42 bits per heavy atom. The molecular formula is C13H9ClF4N2O4. The fraction of sp³-hybridized carbons (Fsp3) is 0.308. The van der Waals surface area contributed by atoms with Crippen LogP contribution in [0.5, 0.6) is 0 Å². The number of hydrogen-bond donors (Lipinski definition) is 1. The predicted octanol–water partition coefficient (Wildman–Crippen LogP) is 2.90. The Hall–Kier alpha value is -2.36. The lowest BCUT2D eigenvalue weighted by Crippen LogP contribution is -2.60. The average Bonchev–Trinajstić information content (AvgIpc) is 2.43. The first kappa shape index (κ1) is 18.0. The summed E-state index contributed by atoms with van der Waals surface area (Å²) in [6.07, 6.45) is -5.95. The summed E-state index contributed by atoms with van der Waals surface area (Å²) in [7, 11) is 0.811. The van der Waals surface area contributed by atoms with Gasteiger partial charge in [0, 0.05) is 7.05 Å². The van der Waals surface area contributed by atoms with Crippen LogP contribution < -0.4 is 4.90 Å². The van der Waals surface area contributed by atoms with E-state index in [1.165, 1.54) is 0 Å². The normalized spacial score (nSPS) is 19.0. The van der Waals surface area contributed by atoms with Gasteiger partial charge in [0.1, 0.15) is 11.9 Å². The zero-order valence-electron chi connectivity index (χ0n) is 11.9. The number of halogens is 5. The van der Waals surface area contributed by atoms with Crippen molar-refractivity contribution >= 4 is 35.2 Å². The van der Waals surface area contributed by atoms with Gasteiger partial charge in [-0.15, -0.1) is 0 Å². The number of nitrogens with zero attached hydrogens (tertiary/aromatic N) is 2. The topological polar surface area (TPSA) is 77.9 Å². The second kappa shape index (κ2) is 5.93. The Bertz CT molecular complexity index is 737. The van der Waals surface area contributed by atoms with Crippen molar-refractivity contribution in [1.29, 1.82) is 0 Å². The molecule has 1 aromatic rings. The van der Waals surface area contributed by atoms with Gasteiger partial charge in [-0.3, -0.25) is 4.79 Å². The minimum Gasteiger partial charge on any atom is -0.478 e. The molecule has 11 heteroatoms. The summed E-state index contributed by atoms with van der Waals surface area (Å²) in [5.41, 5.74) is -1.38. The van der Waals surface area contributed by atoms with E-state index in [1.807, 2.05) is 0 Å². The molecule has 1 fully saturated rings. The number of amides is 3. The lowest BCUT2D eigenvalue weighted by Gasteiger charge is -2.38. The first-order valence-corrected chi connectivity index (χ1v) is 6.71. The van der Waals surface area contributed by atoms with Gasteiger partial charge in [-0.25, -0.2) is 18.9 Å². The van der Waals surface area contributed by atoms with E-state index in [1.54, 1.807) is 0 Å². The molecule has 1 heterocycles. The zero-order chi connectivity index (χ0) is 18.4. The third kappa shape index (κ3) is 3.01. The quantitative estimate of drug-likeness (QED) is 0.814. The van der Waals surface area contributed by atoms with E-state index < -0.39 is 58.6 Å². The number of carboxylic acids is 1. The van der Waals surface area contributed by atoms with Crippen molar-refractivity contribution in [1.82, 2.24) is 4.90 Å². The molecule has 1 N–H and O–H groups in total. The van der Waals surface area contributed by atoms with Crippen LogP contribution in [0.2, 0.25) is 5.02 Å². The number of carboxylic acid groups (broad SMARTS) is 1. The van der Waals surface area contributed by atoms with Crippen LogP contribution >= 0.6 is 11.6 Å². The van der Waals surface area contributed by atoms with Crippen molar-refractivity contribution in [2.24, 2.45) is 0 Å². The molecular weight excluding hydrogens is 360 g/mol. The van der Waals surface area contributed by atoms with Gasteiger partial charge in [0.05, 0.1) is 22.7 Å². The van der Waals surface area contributed by atoms with Crippen LogP contribution in [-0.2, 0) is 4.79 Å². The molecule has 6 nitrogen and oxygen atoms in total. The molecule has 24 heavy (non-hydrogen) atoms. The van der Waals surface area contributed by atoms with Gasteiger partial charge >= 0.3 is 18.2 Å². The van der Waals surface area contributed by atoms with Crippen LogP contribution in [-0.4, -0.2) is 47.2 Å². The number of hydrogen-bond acceptors (Lipinski definition) is 3. The molecule has 1 aromatic carbocycles. The van der Waals surface area contributed by atoms with Crippen LogP contribution in [0.1, 0.15) is 16.8 Å². The van der Waals surface area contributed by atoms with E-state index >= 15 is 0 Å². The van der Waals surface area contributed by atoms with Gasteiger partial charge in [0.25, 0.3) is 0 Å². The number of carbonyl (C=O) groups excluding carboxylic acids is 2. The second-order valence-corrected chi connectivity index (χ2v) is 5.38. The van der Waals surface area contributed by atoms with Gasteiger partial charge in [-0.2, -0.15) is 13.2 Å². The molecule has 1 saturated heterocycles. The highest BCUT2D eigenvalue weighted by Gasteiger charge is 2.51. The Balaban J connectivity index is 2.51. The molecule has 2 rings (SSSR count). The van der Waals surface area contributed by atoms with Crippen molar-refractivity contribution in [3.8, 4) is 0 Å². The highest BCUT2D eigenvalue weighted by atomic mass is 35.5. The molecule has 1 aliphatic heterocycles. The fourth-order valence-electron chi connectivity index (χ4n) is 2.24. The van der Waals surface area contributed by atoms with E-state index in [0.29, 0.717) is 12.1 Å². The van der Waals surface area contributed by atoms with Crippen molar-refractivity contribution < 1.29 is 37.1 Å². The molecule has 1 atom stereocenters. The number of carbonyl (C=O) groups is 3. The van der Waals surface area contributed by atoms with Crippen molar-refractivity contribution in [3.05, 3.63) is 28.5 Å². The number of aromatic carboxylic acids is 1. The van der Waals surface area contributed by atoms with Crippen LogP contribution in [0.15, 0.2) is 12.1 Å². The average molecular weight is 369 g/mol. The molecule has 130 valence electrons. The lowest BCUT2D eigenvalue weighted by molar-refractivity contribution is -0.179. The summed E-state index contributed by atoms with van der Waals surface area (Å²) in [6.45, 7) is 0. The van der Waals surface area contributed by atoms with Crippen LogP contribution in [0.25, 0.3) is 0 Å². The van der Waals surface area contributed by atoms with Gasteiger partial charge in [-0.1, -0.05) is 11.6 Å². The smallest absolute Gasteiger partial charge is 0.409 e. The second-order valence-electron chi connectivity index (χ2n) is 4.97. The maximum absolute atomic E-state index is 14.0. The van der Waals surface area contributed by atoms with Crippen LogP contribution in [0.4, 0.5) is 28.0 Å². The monoisotopic (exact) mass is 368 g/mol. The Labute approximate surface area is 137 Å². The number of anilines is 1. The Morgan fingerprint density at radius 1 is 1.33 bits per heavy atom. The summed E-state index contributed by atoms with van der Waals surface area (Å²) < 4.78 is 52.5. The zero-order valence-corrected chi connectivity index (χ0v) is 12.7. The summed E-state index contributed by atoms with van der Waals surface area (Å²) >= 11 is 5.55. The molecule has 0 aromatic heterocycles. The van der Waals surface area contributed by atoms with Crippen LogP contribution in [0.3, 0.4) is 0 Å². The molecule has 1 unspecified atom stereocenters. The number of imide groups is 1.